The molecule has 3 amide bonds. The summed E-state index contributed by atoms with van der Waals surface area (Å²) in [6, 6.07) is 0. The molecule has 660 valence electrons. The molecule has 0 N–H and O–H groups in total. The molecule has 26 heteroatoms. The van der Waals surface area contributed by atoms with Crippen LogP contribution in [-0.4, -0.2) is 109 Å². The second-order valence-electron chi connectivity index (χ2n) is 32.7. The number of hydrogen-bond donors (Lipinski definition) is 0. The third kappa shape index (κ3) is 27.3. The molecule has 16 nitrogen and oxygen atoms in total. The minimum Gasteiger partial charge on any atom is -0.465 e. The molecular weight excluding hydrogens is 1660 g/mol. The third-order valence-corrected chi connectivity index (χ3v) is 38.2. The molecule has 0 saturated heterocycles. The van der Waals surface area contributed by atoms with E-state index in [1.165, 1.54) is 210 Å². The summed E-state index contributed by atoms with van der Waals surface area (Å²) < 4.78 is 87.4. The van der Waals surface area contributed by atoms with Crippen LogP contribution in [0.15, 0.2) is 28.9 Å². The largest absolute Gasteiger partial charge is 0.465 e. The van der Waals surface area contributed by atoms with E-state index in [2.05, 4.69) is 73.5 Å². The highest BCUT2D eigenvalue weighted by Gasteiger charge is 2.42. The van der Waals surface area contributed by atoms with Crippen molar-refractivity contribution in [3.05, 3.63) is 99.2 Å². The molecule has 0 aromatic carbocycles. The van der Waals surface area contributed by atoms with E-state index in [-0.39, 0.29) is 17.7 Å². The van der Waals surface area contributed by atoms with Crippen LogP contribution in [0.2, 0.25) is 0 Å². The zero-order chi connectivity index (χ0) is 85.6. The van der Waals surface area contributed by atoms with Gasteiger partial charge in [0.25, 0.3) is 17.7 Å². The van der Waals surface area contributed by atoms with Crippen molar-refractivity contribution in [2.75, 3.05) is 39.3 Å². The van der Waals surface area contributed by atoms with E-state index < -0.39 is 54.0 Å². The monoisotopic (exact) mass is 1800 g/mol. The first-order chi connectivity index (χ1) is 56.1. The maximum absolute atomic E-state index is 12.5. The summed E-state index contributed by atoms with van der Waals surface area (Å²) in [6.07, 6.45) is 44.4. The van der Waals surface area contributed by atoms with Gasteiger partial charge in [-0.25, -0.2) is 29.6 Å². The van der Waals surface area contributed by atoms with Gasteiger partial charge in [-0.2, -0.15) is 4.31 Å². The lowest BCUT2D eigenvalue weighted by Crippen LogP contribution is -2.27. The molecule has 0 saturated carbocycles. The number of rotatable bonds is 42. The lowest BCUT2D eigenvalue weighted by molar-refractivity contribution is 0.0765. The minimum atomic E-state index is -3.21. The van der Waals surface area contributed by atoms with Gasteiger partial charge in [0.15, 0.2) is 11.0 Å². The van der Waals surface area contributed by atoms with Gasteiger partial charge in [-0.3, -0.25) is 18.7 Å². The highest BCUT2D eigenvalue weighted by molar-refractivity contribution is 8.00. The number of carbonyl (C=O) groups is 3. The highest BCUT2D eigenvalue weighted by Crippen LogP contribution is 2.44. The Morgan fingerprint density at radius 1 is 0.299 bits per heavy atom. The normalized spacial score (nSPS) is 17.6. The van der Waals surface area contributed by atoms with Crippen molar-refractivity contribution in [1.29, 1.82) is 0 Å². The van der Waals surface area contributed by atoms with Gasteiger partial charge in [0.2, 0.25) is 10.0 Å². The molecule has 0 aliphatic carbocycles. The first kappa shape index (κ1) is 101. The minimum absolute atomic E-state index is 0.0336. The van der Waals surface area contributed by atoms with Crippen LogP contribution in [0.25, 0.3) is 0 Å². The van der Waals surface area contributed by atoms with Crippen molar-refractivity contribution in [1.82, 2.24) is 26.4 Å². The SMILES string of the molecule is CCCCCCCCN1C(=O)c2c(C)sc(C)c2S1=O.CCCCCCCCN1Cc2c(C)oc(C)c2C1=O.CCCCCCCCN1Cc2c(C)sc(C)c2C1=O.CCCCCCCCN1Cc2c(C)sc(C)c2S1(=O)=O.CCCCCCCCN1Cc2c(C)sc(C)c2S1=O.CCCCCCCCN1S(=O)c2c(C)sc(C)c2S1=O. The average Bonchev–Trinajstić information content (AvgIpc) is 1.53. The molecule has 0 fully saturated rings. The number of carbonyl (C=O) groups excluding carboxylic acids is 3. The molecule has 117 heavy (non-hydrogen) atoms. The molecule has 4 atom stereocenters. The Hall–Kier alpha value is -3.38. The molecule has 4 unspecified atom stereocenters. The quantitative estimate of drug-likeness (QED) is 0.0334. The van der Waals surface area contributed by atoms with Crippen molar-refractivity contribution >= 4 is 128 Å². The average molecular weight is 1800 g/mol. The molecule has 0 spiro atoms. The number of aryl methyl sites for hydroxylation is 12. The highest BCUT2D eigenvalue weighted by atomic mass is 32.3. The van der Waals surface area contributed by atoms with Gasteiger partial charge in [-0.1, -0.05) is 234 Å². The summed E-state index contributed by atoms with van der Waals surface area (Å²) in [4.78, 5) is 56.4. The molecule has 12 heterocycles. The Morgan fingerprint density at radius 3 is 1.11 bits per heavy atom. The van der Waals surface area contributed by atoms with Crippen LogP contribution in [-0.2, 0) is 80.1 Å². The van der Waals surface area contributed by atoms with Crippen molar-refractivity contribution in [2.24, 2.45) is 0 Å². The van der Waals surface area contributed by atoms with Crippen LogP contribution in [0.5, 0.6) is 0 Å². The fraction of sp³-hybridized carbons (Fsp3) is 0.703. The van der Waals surface area contributed by atoms with E-state index in [4.69, 9.17) is 4.42 Å². The number of thiophene rings is 5. The predicted molar refractivity (Wildman–Crippen MR) is 498 cm³/mol. The summed E-state index contributed by atoms with van der Waals surface area (Å²) in [5, 5.41) is 0. The summed E-state index contributed by atoms with van der Waals surface area (Å²) in [7, 11) is -7.82. The number of fused-ring (bicyclic) bond motifs is 6. The van der Waals surface area contributed by atoms with Crippen LogP contribution < -0.4 is 0 Å². The standard InChI is InChI=1S/C16H25NO2.C16H25NOS.C15H25NO2S2.C15H23NO2S2.C15H25NOS2.C14H23NO2S3/c2*1-4-5-6-7-8-9-10-17-11-14-12(2)19-13(3)15(14)16(17)18;1-4-5-6-7-8-9-10-16-11-14-12(2)19-13(3)15(14)20(16,17)18;1-4-5-6-7-8-9-10-16-15(17)13-11(2)19-12(3)14(13)20(16)18;1-4-5-6-7-8-9-10-16-11-14-12(2)18-13(3)15(14)19(16)17;1-4-5-6-7-8-9-10-15-19(16)13-11(2)18-12(3)14(13)20(15)17/h2*4-11H2,1-3H3;4-11H2,1-3H3;4-10H2,1-3H3;4-11H2,1-3H3;4-10H2,1-3H3. The predicted octanol–water partition coefficient (Wildman–Crippen LogP) is 26.0. The lowest BCUT2D eigenvalue weighted by Gasteiger charge is -2.16. The molecule has 12 rings (SSSR count). The van der Waals surface area contributed by atoms with E-state index in [0.717, 1.165) is 173 Å². The number of furan rings is 1. The van der Waals surface area contributed by atoms with Gasteiger partial charge < -0.3 is 14.2 Å². The van der Waals surface area contributed by atoms with Crippen LogP contribution in [0.1, 0.15) is 386 Å². The van der Waals surface area contributed by atoms with Crippen molar-refractivity contribution in [2.45, 2.75) is 406 Å². The third-order valence-electron chi connectivity index (χ3n) is 23.2. The maximum Gasteiger partial charge on any atom is 0.268 e. The van der Waals surface area contributed by atoms with E-state index in [0.29, 0.717) is 36.6 Å². The fourth-order valence-electron chi connectivity index (χ4n) is 16.5. The molecule has 0 bridgehead atoms. The Labute approximate surface area is 737 Å². The molecule has 0 radical (unpaired) electrons. The molecule has 6 aromatic rings. The van der Waals surface area contributed by atoms with Crippen molar-refractivity contribution in [3.8, 4) is 0 Å². The van der Waals surface area contributed by atoms with E-state index in [1.807, 2.05) is 65.2 Å². The smallest absolute Gasteiger partial charge is 0.268 e. The second-order valence-corrected chi connectivity index (χ2v) is 47.4. The Morgan fingerprint density at radius 2 is 0.658 bits per heavy atom. The van der Waals surface area contributed by atoms with Crippen LogP contribution >= 0.6 is 56.7 Å². The number of nitrogens with zero attached hydrogens (tertiary/aromatic N) is 6. The fourth-order valence-corrected chi connectivity index (χ4v) is 31.6. The topological polar surface area (TPSA) is 186 Å². The lowest BCUT2D eigenvalue weighted by atomic mass is 10.1. The van der Waals surface area contributed by atoms with Gasteiger partial charge >= 0.3 is 0 Å². The van der Waals surface area contributed by atoms with Gasteiger partial charge in [0.1, 0.15) is 49.4 Å². The van der Waals surface area contributed by atoms with Crippen LogP contribution in [0.3, 0.4) is 0 Å². The number of hydrogen-bond acceptors (Lipinski definition) is 15. The molecular formula is C91H146N6O10S10. The number of sulfonamides is 1. The Bertz CT molecular complexity index is 3980. The van der Waals surface area contributed by atoms with Crippen LogP contribution in [0.4, 0.5) is 0 Å². The van der Waals surface area contributed by atoms with Gasteiger partial charge in [-0.15, -0.1) is 60.4 Å². The van der Waals surface area contributed by atoms with Gasteiger partial charge in [-0.05, 0) is 133 Å². The zero-order valence-corrected chi connectivity index (χ0v) is 83.0. The summed E-state index contributed by atoms with van der Waals surface area (Å²) in [5.74, 6) is 2.09. The van der Waals surface area contributed by atoms with E-state index >= 15 is 0 Å². The molecule has 6 aliphatic rings. The second kappa shape index (κ2) is 51.2. The van der Waals surface area contributed by atoms with Crippen molar-refractivity contribution in [3.63, 3.8) is 0 Å². The molecule has 6 aromatic heterocycles. The summed E-state index contributed by atoms with van der Waals surface area (Å²) >= 11 is 8.35. The van der Waals surface area contributed by atoms with E-state index in [9.17, 15) is 39.6 Å². The summed E-state index contributed by atoms with van der Waals surface area (Å²) in [5.41, 5.74) is 7.31. The van der Waals surface area contributed by atoms with Gasteiger partial charge in [0, 0.05) is 119 Å². The van der Waals surface area contributed by atoms with Gasteiger partial charge in [0.05, 0.1) is 42.8 Å². The van der Waals surface area contributed by atoms with E-state index in [1.54, 1.807) is 69.0 Å². The number of unbranched alkanes of at least 4 members (excludes halogenated alkanes) is 30. The van der Waals surface area contributed by atoms with Crippen LogP contribution in [0, 0.1) is 83.1 Å². The maximum atomic E-state index is 12.5. The first-order valence-corrected chi connectivity index (χ1v) is 54.7. The molecule has 6 aliphatic heterocycles. The van der Waals surface area contributed by atoms with Crippen molar-refractivity contribution < 1.29 is 44.1 Å². The number of amides is 3. The zero-order valence-electron chi connectivity index (χ0n) is 74.9. The Kier molecular flexibility index (Phi) is 44.0. The first-order valence-electron chi connectivity index (χ1n) is 44.7. The summed E-state index contributed by atoms with van der Waals surface area (Å²) in [6.45, 7) is 45.3. The Balaban J connectivity index is 0.000000194.